The van der Waals surface area contributed by atoms with Gasteiger partial charge in [-0.3, -0.25) is 4.90 Å². The normalized spacial score (nSPS) is 37.3. The van der Waals surface area contributed by atoms with Crippen molar-refractivity contribution in [2.24, 2.45) is 5.73 Å². The zero-order chi connectivity index (χ0) is 10.0. The molecule has 0 aromatic carbocycles. The van der Waals surface area contributed by atoms with E-state index in [2.05, 4.69) is 11.8 Å². The second-order valence-electron chi connectivity index (χ2n) is 4.74. The van der Waals surface area contributed by atoms with E-state index < -0.39 is 0 Å². The molecule has 2 rings (SSSR count). The van der Waals surface area contributed by atoms with Crippen LogP contribution in [-0.2, 0) is 4.74 Å². The number of ether oxygens (including phenoxy) is 1. The Bertz CT molecular complexity index is 182. The van der Waals surface area contributed by atoms with Crippen molar-refractivity contribution >= 4 is 0 Å². The van der Waals surface area contributed by atoms with E-state index >= 15 is 0 Å². The van der Waals surface area contributed by atoms with Crippen LogP contribution in [0.5, 0.6) is 0 Å². The number of nitrogens with two attached hydrogens (primary N) is 1. The van der Waals surface area contributed by atoms with Crippen molar-refractivity contribution in [3.05, 3.63) is 0 Å². The van der Waals surface area contributed by atoms with Gasteiger partial charge in [-0.15, -0.1) is 0 Å². The standard InChI is InChI=1S/C11H22N2O/c1-10(12)11(5-4-8-14-9-11)13-6-2-3-7-13/h10H,2-9,12H2,1H3. The molecule has 2 unspecified atom stereocenters. The molecule has 0 aromatic heterocycles. The topological polar surface area (TPSA) is 38.5 Å². The van der Waals surface area contributed by atoms with Crippen LogP contribution >= 0.6 is 0 Å². The SMILES string of the molecule is CC(N)C1(N2CCCC2)CCCOC1. The van der Waals surface area contributed by atoms with Gasteiger partial charge >= 0.3 is 0 Å². The fourth-order valence-electron chi connectivity index (χ4n) is 2.86. The Kier molecular flexibility index (Phi) is 3.10. The van der Waals surface area contributed by atoms with Gasteiger partial charge in [0, 0.05) is 12.6 Å². The highest BCUT2D eigenvalue weighted by atomic mass is 16.5. The Labute approximate surface area is 86.6 Å². The lowest BCUT2D eigenvalue weighted by Gasteiger charge is -2.47. The summed E-state index contributed by atoms with van der Waals surface area (Å²) < 4.78 is 5.64. The van der Waals surface area contributed by atoms with Crippen LogP contribution in [-0.4, -0.2) is 42.8 Å². The van der Waals surface area contributed by atoms with Crippen molar-refractivity contribution in [3.63, 3.8) is 0 Å². The van der Waals surface area contributed by atoms with E-state index in [1.807, 2.05) is 0 Å². The number of hydrogen-bond acceptors (Lipinski definition) is 3. The molecule has 0 aromatic rings. The van der Waals surface area contributed by atoms with Gasteiger partial charge in [0.25, 0.3) is 0 Å². The van der Waals surface area contributed by atoms with E-state index in [1.54, 1.807) is 0 Å². The van der Waals surface area contributed by atoms with Crippen molar-refractivity contribution in [2.45, 2.75) is 44.2 Å². The van der Waals surface area contributed by atoms with E-state index in [0.717, 1.165) is 19.6 Å². The van der Waals surface area contributed by atoms with Crippen molar-refractivity contribution in [2.75, 3.05) is 26.3 Å². The van der Waals surface area contributed by atoms with Gasteiger partial charge in [-0.2, -0.15) is 0 Å². The maximum atomic E-state index is 6.16. The number of nitrogens with zero attached hydrogens (tertiary/aromatic N) is 1. The lowest BCUT2D eigenvalue weighted by atomic mass is 9.84. The third-order valence-corrected chi connectivity index (χ3v) is 3.83. The Balaban J connectivity index is 2.11. The molecular weight excluding hydrogens is 176 g/mol. The van der Waals surface area contributed by atoms with Gasteiger partial charge in [-0.1, -0.05) is 0 Å². The Morgan fingerprint density at radius 1 is 1.29 bits per heavy atom. The highest BCUT2D eigenvalue weighted by Gasteiger charge is 2.42. The molecule has 0 aliphatic carbocycles. The lowest BCUT2D eigenvalue weighted by Crippen LogP contribution is -2.62. The van der Waals surface area contributed by atoms with Crippen LogP contribution in [0, 0.1) is 0 Å². The molecule has 2 N–H and O–H groups in total. The van der Waals surface area contributed by atoms with Crippen LogP contribution in [0.2, 0.25) is 0 Å². The summed E-state index contributed by atoms with van der Waals surface area (Å²) >= 11 is 0. The lowest BCUT2D eigenvalue weighted by molar-refractivity contribution is -0.0512. The number of rotatable bonds is 2. The molecule has 3 nitrogen and oxygen atoms in total. The fraction of sp³-hybridized carbons (Fsp3) is 1.00. The van der Waals surface area contributed by atoms with Gasteiger partial charge < -0.3 is 10.5 Å². The Morgan fingerprint density at radius 2 is 2.00 bits per heavy atom. The molecule has 0 radical (unpaired) electrons. The predicted octanol–water partition coefficient (Wildman–Crippen LogP) is 0.979. The summed E-state index contributed by atoms with van der Waals surface area (Å²) in [6.45, 7) is 6.32. The van der Waals surface area contributed by atoms with Gasteiger partial charge in [0.1, 0.15) is 0 Å². The maximum Gasteiger partial charge on any atom is 0.0665 e. The van der Waals surface area contributed by atoms with Crippen LogP contribution in [0.25, 0.3) is 0 Å². The molecule has 82 valence electrons. The van der Waals surface area contributed by atoms with Gasteiger partial charge in [-0.25, -0.2) is 0 Å². The van der Waals surface area contributed by atoms with E-state index in [-0.39, 0.29) is 11.6 Å². The predicted molar refractivity (Wildman–Crippen MR) is 57.2 cm³/mol. The van der Waals surface area contributed by atoms with Gasteiger partial charge in [-0.05, 0) is 45.7 Å². The minimum absolute atomic E-state index is 0.148. The monoisotopic (exact) mass is 198 g/mol. The molecule has 0 saturated carbocycles. The van der Waals surface area contributed by atoms with E-state index in [4.69, 9.17) is 10.5 Å². The zero-order valence-electron chi connectivity index (χ0n) is 9.17. The second kappa shape index (κ2) is 4.17. The summed E-state index contributed by atoms with van der Waals surface area (Å²) in [5, 5.41) is 0. The van der Waals surface area contributed by atoms with Gasteiger partial charge in [0.15, 0.2) is 0 Å². The smallest absolute Gasteiger partial charge is 0.0665 e. The zero-order valence-corrected chi connectivity index (χ0v) is 9.17. The summed E-state index contributed by atoms with van der Waals surface area (Å²) in [7, 11) is 0. The van der Waals surface area contributed by atoms with Crippen LogP contribution in [0.3, 0.4) is 0 Å². The molecule has 2 aliphatic heterocycles. The summed E-state index contributed by atoms with van der Waals surface area (Å²) in [4.78, 5) is 2.57. The van der Waals surface area contributed by atoms with Gasteiger partial charge in [0.05, 0.1) is 12.1 Å². The molecule has 2 aliphatic rings. The van der Waals surface area contributed by atoms with Crippen LogP contribution in [0.4, 0.5) is 0 Å². The first-order chi connectivity index (χ1) is 6.76. The van der Waals surface area contributed by atoms with Crippen molar-refractivity contribution in [1.82, 2.24) is 4.90 Å². The molecule has 2 atom stereocenters. The van der Waals surface area contributed by atoms with Gasteiger partial charge in [0.2, 0.25) is 0 Å². The first-order valence-electron chi connectivity index (χ1n) is 5.84. The Hall–Kier alpha value is -0.120. The average molecular weight is 198 g/mol. The molecule has 14 heavy (non-hydrogen) atoms. The highest BCUT2D eigenvalue weighted by molar-refractivity contribution is 5.00. The summed E-state index contributed by atoms with van der Waals surface area (Å²) in [5.74, 6) is 0. The summed E-state index contributed by atoms with van der Waals surface area (Å²) in [6.07, 6.45) is 5.03. The molecule has 2 heterocycles. The number of hydrogen-bond donors (Lipinski definition) is 1. The molecule has 0 spiro atoms. The minimum Gasteiger partial charge on any atom is -0.379 e. The molecule has 2 saturated heterocycles. The van der Waals surface area contributed by atoms with E-state index in [9.17, 15) is 0 Å². The molecule has 0 bridgehead atoms. The summed E-state index contributed by atoms with van der Waals surface area (Å²) in [6, 6.07) is 0.223. The number of likely N-dealkylation sites (tertiary alicyclic amines) is 1. The van der Waals surface area contributed by atoms with Crippen molar-refractivity contribution in [1.29, 1.82) is 0 Å². The quantitative estimate of drug-likeness (QED) is 0.719. The second-order valence-corrected chi connectivity index (χ2v) is 4.74. The van der Waals surface area contributed by atoms with Crippen molar-refractivity contribution in [3.8, 4) is 0 Å². The maximum absolute atomic E-state index is 6.16. The average Bonchev–Trinajstić information content (AvgIpc) is 2.72. The van der Waals surface area contributed by atoms with E-state index in [0.29, 0.717) is 0 Å². The highest BCUT2D eigenvalue weighted by Crippen LogP contribution is 2.31. The largest absolute Gasteiger partial charge is 0.379 e. The molecular formula is C11H22N2O. The van der Waals surface area contributed by atoms with Crippen LogP contribution < -0.4 is 5.73 Å². The van der Waals surface area contributed by atoms with E-state index in [1.165, 1.54) is 32.4 Å². The molecule has 2 fully saturated rings. The summed E-state index contributed by atoms with van der Waals surface area (Å²) in [5.41, 5.74) is 6.31. The Morgan fingerprint density at radius 3 is 2.50 bits per heavy atom. The van der Waals surface area contributed by atoms with Crippen LogP contribution in [0.15, 0.2) is 0 Å². The first-order valence-corrected chi connectivity index (χ1v) is 5.84. The van der Waals surface area contributed by atoms with Crippen LogP contribution in [0.1, 0.15) is 32.6 Å². The molecule has 0 amide bonds. The fourth-order valence-corrected chi connectivity index (χ4v) is 2.86. The molecule has 3 heteroatoms. The van der Waals surface area contributed by atoms with Crippen molar-refractivity contribution < 1.29 is 4.74 Å². The first kappa shape index (κ1) is 10.4. The minimum atomic E-state index is 0.148. The third kappa shape index (κ3) is 1.69. The third-order valence-electron chi connectivity index (χ3n) is 3.83.